The third kappa shape index (κ3) is 3.09. The van der Waals surface area contributed by atoms with Crippen molar-refractivity contribution in [1.82, 2.24) is 10.2 Å². The molecular weight excluding hydrogens is 200 g/mol. The van der Waals surface area contributed by atoms with E-state index in [-0.39, 0.29) is 0 Å². The molecule has 2 heterocycles. The zero-order valence-corrected chi connectivity index (χ0v) is 10.3. The van der Waals surface area contributed by atoms with E-state index < -0.39 is 0 Å². The molecule has 0 spiro atoms. The predicted octanol–water partition coefficient (Wildman–Crippen LogP) is 2.10. The SMILES string of the molecule is CC(C)N1CCC(CNCc2ccoc2)C1. The molecule has 0 saturated carbocycles. The van der Waals surface area contributed by atoms with Gasteiger partial charge in [0.15, 0.2) is 0 Å². The van der Waals surface area contributed by atoms with E-state index >= 15 is 0 Å². The van der Waals surface area contributed by atoms with Crippen LogP contribution in [-0.4, -0.2) is 30.6 Å². The van der Waals surface area contributed by atoms with Gasteiger partial charge in [0.1, 0.15) is 0 Å². The molecule has 1 aliphatic heterocycles. The van der Waals surface area contributed by atoms with Crippen molar-refractivity contribution >= 4 is 0 Å². The molecule has 3 heteroatoms. The van der Waals surface area contributed by atoms with Crippen LogP contribution in [0.5, 0.6) is 0 Å². The van der Waals surface area contributed by atoms with Crippen LogP contribution in [0.25, 0.3) is 0 Å². The highest BCUT2D eigenvalue weighted by Gasteiger charge is 2.23. The zero-order chi connectivity index (χ0) is 11.4. The molecule has 1 fully saturated rings. The van der Waals surface area contributed by atoms with Crippen LogP contribution >= 0.6 is 0 Å². The topological polar surface area (TPSA) is 28.4 Å². The lowest BCUT2D eigenvalue weighted by Crippen LogP contribution is -2.30. The van der Waals surface area contributed by atoms with Gasteiger partial charge in [-0.05, 0) is 45.3 Å². The van der Waals surface area contributed by atoms with E-state index in [1.165, 1.54) is 25.1 Å². The van der Waals surface area contributed by atoms with Gasteiger partial charge >= 0.3 is 0 Å². The Bertz CT molecular complexity index is 295. The maximum absolute atomic E-state index is 5.04. The van der Waals surface area contributed by atoms with Crippen LogP contribution in [0.3, 0.4) is 0 Å². The lowest BCUT2D eigenvalue weighted by molar-refractivity contribution is 0.264. The Balaban J connectivity index is 1.64. The van der Waals surface area contributed by atoms with Crippen LogP contribution in [0.1, 0.15) is 25.8 Å². The summed E-state index contributed by atoms with van der Waals surface area (Å²) in [5, 5.41) is 3.50. The number of hydrogen-bond acceptors (Lipinski definition) is 3. The molecule has 16 heavy (non-hydrogen) atoms. The number of nitrogens with one attached hydrogen (secondary N) is 1. The van der Waals surface area contributed by atoms with E-state index in [1.807, 2.05) is 12.3 Å². The highest BCUT2D eigenvalue weighted by molar-refractivity contribution is 5.04. The van der Waals surface area contributed by atoms with Crippen molar-refractivity contribution in [3.05, 3.63) is 24.2 Å². The Labute approximate surface area is 97.8 Å². The molecule has 1 unspecified atom stereocenters. The molecule has 0 aromatic carbocycles. The van der Waals surface area contributed by atoms with Gasteiger partial charge in [0.05, 0.1) is 12.5 Å². The molecule has 3 nitrogen and oxygen atoms in total. The van der Waals surface area contributed by atoms with E-state index in [0.717, 1.165) is 19.0 Å². The summed E-state index contributed by atoms with van der Waals surface area (Å²) in [6, 6.07) is 2.71. The van der Waals surface area contributed by atoms with Crippen LogP contribution in [0, 0.1) is 5.92 Å². The van der Waals surface area contributed by atoms with Crippen molar-refractivity contribution in [1.29, 1.82) is 0 Å². The second kappa shape index (κ2) is 5.51. The lowest BCUT2D eigenvalue weighted by atomic mass is 10.1. The maximum Gasteiger partial charge on any atom is 0.0947 e. The van der Waals surface area contributed by atoms with Gasteiger partial charge < -0.3 is 14.6 Å². The van der Waals surface area contributed by atoms with Gasteiger partial charge in [0.25, 0.3) is 0 Å². The average molecular weight is 222 g/mol. The summed E-state index contributed by atoms with van der Waals surface area (Å²) in [4.78, 5) is 2.56. The second-order valence-corrected chi connectivity index (χ2v) is 5.01. The number of furan rings is 1. The Morgan fingerprint density at radius 1 is 1.56 bits per heavy atom. The standard InChI is InChI=1S/C13H22N2O/c1-11(2)15-5-3-12(9-15)7-14-8-13-4-6-16-10-13/h4,6,10-12,14H,3,5,7-9H2,1-2H3. The summed E-state index contributed by atoms with van der Waals surface area (Å²) < 4.78 is 5.04. The second-order valence-electron chi connectivity index (χ2n) is 5.01. The van der Waals surface area contributed by atoms with Crippen LogP contribution in [0.15, 0.2) is 23.0 Å². The molecular formula is C13H22N2O. The smallest absolute Gasteiger partial charge is 0.0947 e. The molecule has 1 atom stereocenters. The summed E-state index contributed by atoms with van der Waals surface area (Å²) in [5.74, 6) is 0.814. The van der Waals surface area contributed by atoms with E-state index in [9.17, 15) is 0 Å². The zero-order valence-electron chi connectivity index (χ0n) is 10.3. The first-order valence-corrected chi connectivity index (χ1v) is 6.21. The number of hydrogen-bond donors (Lipinski definition) is 1. The van der Waals surface area contributed by atoms with Crippen molar-refractivity contribution in [3.8, 4) is 0 Å². The van der Waals surface area contributed by atoms with Crippen molar-refractivity contribution in [2.75, 3.05) is 19.6 Å². The molecule has 0 amide bonds. The molecule has 1 N–H and O–H groups in total. The van der Waals surface area contributed by atoms with E-state index in [4.69, 9.17) is 4.42 Å². The highest BCUT2D eigenvalue weighted by atomic mass is 16.3. The summed E-state index contributed by atoms with van der Waals surface area (Å²) in [6.07, 6.45) is 4.87. The molecule has 0 bridgehead atoms. The van der Waals surface area contributed by atoms with Gasteiger partial charge in [0, 0.05) is 24.7 Å². The predicted molar refractivity (Wildman–Crippen MR) is 65.2 cm³/mol. The molecule has 1 aromatic heterocycles. The van der Waals surface area contributed by atoms with Crippen molar-refractivity contribution in [2.24, 2.45) is 5.92 Å². The first-order valence-electron chi connectivity index (χ1n) is 6.21. The van der Waals surface area contributed by atoms with Crippen LogP contribution in [0.2, 0.25) is 0 Å². The fourth-order valence-corrected chi connectivity index (χ4v) is 2.31. The van der Waals surface area contributed by atoms with Crippen LogP contribution in [-0.2, 0) is 6.54 Å². The molecule has 0 radical (unpaired) electrons. The van der Waals surface area contributed by atoms with Gasteiger partial charge in [-0.25, -0.2) is 0 Å². The van der Waals surface area contributed by atoms with Gasteiger partial charge in [-0.1, -0.05) is 0 Å². The lowest BCUT2D eigenvalue weighted by Gasteiger charge is -2.20. The first kappa shape index (κ1) is 11.7. The number of likely N-dealkylation sites (tertiary alicyclic amines) is 1. The number of rotatable bonds is 5. The van der Waals surface area contributed by atoms with E-state index in [2.05, 4.69) is 24.1 Å². The monoisotopic (exact) mass is 222 g/mol. The average Bonchev–Trinajstić information content (AvgIpc) is 2.87. The third-order valence-corrected chi connectivity index (χ3v) is 3.39. The minimum Gasteiger partial charge on any atom is -0.472 e. The normalized spacial score (nSPS) is 22.1. The fraction of sp³-hybridized carbons (Fsp3) is 0.692. The van der Waals surface area contributed by atoms with Gasteiger partial charge in [-0.2, -0.15) is 0 Å². The van der Waals surface area contributed by atoms with Crippen molar-refractivity contribution in [3.63, 3.8) is 0 Å². The highest BCUT2D eigenvalue weighted by Crippen LogP contribution is 2.17. The van der Waals surface area contributed by atoms with Gasteiger partial charge in [-0.3, -0.25) is 0 Å². The van der Waals surface area contributed by atoms with Crippen LogP contribution in [0.4, 0.5) is 0 Å². The molecule has 1 saturated heterocycles. The molecule has 90 valence electrons. The quantitative estimate of drug-likeness (QED) is 0.827. The minimum absolute atomic E-state index is 0.693. The fourth-order valence-electron chi connectivity index (χ4n) is 2.31. The van der Waals surface area contributed by atoms with Crippen molar-refractivity contribution in [2.45, 2.75) is 32.9 Å². The molecule has 1 aliphatic rings. The third-order valence-electron chi connectivity index (χ3n) is 3.39. The maximum atomic E-state index is 5.04. The summed E-state index contributed by atoms with van der Waals surface area (Å²) in [7, 11) is 0. The minimum atomic E-state index is 0.693. The van der Waals surface area contributed by atoms with Gasteiger partial charge in [-0.15, -0.1) is 0 Å². The van der Waals surface area contributed by atoms with E-state index in [0.29, 0.717) is 6.04 Å². The van der Waals surface area contributed by atoms with Gasteiger partial charge in [0.2, 0.25) is 0 Å². The molecule has 1 aromatic rings. The Hall–Kier alpha value is -0.800. The first-order chi connectivity index (χ1) is 7.75. The molecule has 0 aliphatic carbocycles. The number of nitrogens with zero attached hydrogens (tertiary/aromatic N) is 1. The largest absolute Gasteiger partial charge is 0.472 e. The summed E-state index contributed by atoms with van der Waals surface area (Å²) in [5.41, 5.74) is 1.23. The van der Waals surface area contributed by atoms with Crippen molar-refractivity contribution < 1.29 is 4.42 Å². The Morgan fingerprint density at radius 2 is 2.44 bits per heavy atom. The van der Waals surface area contributed by atoms with E-state index in [1.54, 1.807) is 6.26 Å². The Morgan fingerprint density at radius 3 is 3.06 bits per heavy atom. The molecule has 2 rings (SSSR count). The summed E-state index contributed by atoms with van der Waals surface area (Å²) >= 11 is 0. The summed E-state index contributed by atoms with van der Waals surface area (Å²) in [6.45, 7) is 9.11. The Kier molecular flexibility index (Phi) is 4.02. The van der Waals surface area contributed by atoms with Crippen LogP contribution < -0.4 is 5.32 Å².